The Balaban J connectivity index is 1.76. The zero-order valence-corrected chi connectivity index (χ0v) is 16.1. The monoisotopic (exact) mass is 390 g/mol. The summed E-state index contributed by atoms with van der Waals surface area (Å²) in [6.45, 7) is 2.37. The molecule has 1 heterocycles. The van der Waals surface area contributed by atoms with Gasteiger partial charge in [-0.25, -0.2) is 8.42 Å². The summed E-state index contributed by atoms with van der Waals surface area (Å²) >= 11 is 5.83. The van der Waals surface area contributed by atoms with Crippen molar-refractivity contribution in [3.8, 4) is 5.75 Å². The van der Waals surface area contributed by atoms with Crippen molar-refractivity contribution >= 4 is 32.5 Å². The normalized spacial score (nSPS) is 11.8. The number of pyridine rings is 1. The van der Waals surface area contributed by atoms with Crippen LogP contribution in [0.4, 0.5) is 0 Å². The van der Waals surface area contributed by atoms with Gasteiger partial charge in [-0.1, -0.05) is 23.7 Å². The van der Waals surface area contributed by atoms with E-state index in [0.717, 1.165) is 10.9 Å². The third kappa shape index (κ3) is 3.98. The van der Waals surface area contributed by atoms with Gasteiger partial charge in [0.1, 0.15) is 17.3 Å². The number of fused-ring (bicyclic) bond motifs is 1. The first-order valence-corrected chi connectivity index (χ1v) is 9.90. The second-order valence-corrected chi connectivity index (χ2v) is 8.42. The summed E-state index contributed by atoms with van der Waals surface area (Å²) < 4.78 is 32.7. The maximum absolute atomic E-state index is 12.9. The maximum Gasteiger partial charge on any atom is 0.245 e. The van der Waals surface area contributed by atoms with Crippen LogP contribution in [0.3, 0.4) is 0 Å². The smallest absolute Gasteiger partial charge is 0.245 e. The Labute approximate surface area is 158 Å². The van der Waals surface area contributed by atoms with E-state index in [1.54, 1.807) is 42.6 Å². The topological polar surface area (TPSA) is 59.5 Å². The van der Waals surface area contributed by atoms with Gasteiger partial charge in [-0.15, -0.1) is 0 Å². The molecule has 0 aliphatic carbocycles. The van der Waals surface area contributed by atoms with Crippen molar-refractivity contribution in [1.29, 1.82) is 0 Å². The van der Waals surface area contributed by atoms with Gasteiger partial charge in [0, 0.05) is 30.2 Å². The lowest BCUT2D eigenvalue weighted by atomic mass is 10.2. The van der Waals surface area contributed by atoms with Gasteiger partial charge < -0.3 is 4.74 Å². The van der Waals surface area contributed by atoms with E-state index >= 15 is 0 Å². The van der Waals surface area contributed by atoms with Crippen LogP contribution in [0, 0.1) is 6.92 Å². The van der Waals surface area contributed by atoms with Crippen molar-refractivity contribution in [1.82, 2.24) is 9.29 Å². The van der Waals surface area contributed by atoms with E-state index in [2.05, 4.69) is 4.98 Å². The molecular weight excluding hydrogens is 372 g/mol. The highest BCUT2D eigenvalue weighted by atomic mass is 35.5. The zero-order chi connectivity index (χ0) is 18.7. The second-order valence-electron chi connectivity index (χ2n) is 5.97. The molecule has 0 saturated carbocycles. The molecule has 0 saturated heterocycles. The number of aryl methyl sites for hydroxylation is 1. The van der Waals surface area contributed by atoms with E-state index in [9.17, 15) is 8.42 Å². The van der Waals surface area contributed by atoms with Gasteiger partial charge in [-0.3, -0.25) is 4.98 Å². The Bertz CT molecular complexity index is 1020. The standard InChI is InChI=1S/C19H19ClN2O3S/c1-14-12-15-4-3-5-18(19(15)21-13-14)26(23,24)22(2)10-11-25-17-8-6-16(20)7-9-17/h3-9,12-13H,10-11H2,1-2H3. The molecule has 0 aliphatic heterocycles. The third-order valence-electron chi connectivity index (χ3n) is 3.99. The van der Waals surface area contributed by atoms with E-state index in [0.29, 0.717) is 16.3 Å². The van der Waals surface area contributed by atoms with Gasteiger partial charge in [0.25, 0.3) is 0 Å². The third-order valence-corrected chi connectivity index (χ3v) is 6.13. The minimum atomic E-state index is -3.67. The number of halogens is 1. The van der Waals surface area contributed by atoms with E-state index < -0.39 is 10.0 Å². The van der Waals surface area contributed by atoms with Crippen LogP contribution in [0.25, 0.3) is 10.9 Å². The molecule has 0 fully saturated rings. The van der Waals surface area contributed by atoms with Gasteiger partial charge in [0.2, 0.25) is 10.0 Å². The Morgan fingerprint density at radius 3 is 2.62 bits per heavy atom. The van der Waals surface area contributed by atoms with Crippen LogP contribution in [0.5, 0.6) is 5.75 Å². The van der Waals surface area contributed by atoms with E-state index in [-0.39, 0.29) is 18.0 Å². The molecule has 0 spiro atoms. The number of likely N-dealkylation sites (N-methyl/N-ethyl adjacent to an activating group) is 1. The molecule has 2 aromatic carbocycles. The second kappa shape index (κ2) is 7.61. The van der Waals surface area contributed by atoms with Crippen LogP contribution in [-0.4, -0.2) is 37.9 Å². The van der Waals surface area contributed by atoms with Crippen molar-refractivity contribution in [3.05, 3.63) is 65.3 Å². The molecule has 136 valence electrons. The van der Waals surface area contributed by atoms with Gasteiger partial charge in [0.15, 0.2) is 0 Å². The minimum Gasteiger partial charge on any atom is -0.492 e. The van der Waals surface area contributed by atoms with Crippen molar-refractivity contribution in [2.24, 2.45) is 0 Å². The van der Waals surface area contributed by atoms with Crippen molar-refractivity contribution in [2.75, 3.05) is 20.2 Å². The lowest BCUT2D eigenvalue weighted by Crippen LogP contribution is -2.31. The van der Waals surface area contributed by atoms with Crippen LogP contribution in [0.2, 0.25) is 5.02 Å². The number of rotatable bonds is 6. The summed E-state index contributed by atoms with van der Waals surface area (Å²) in [5.74, 6) is 0.641. The zero-order valence-electron chi connectivity index (χ0n) is 14.5. The van der Waals surface area contributed by atoms with E-state index in [1.807, 2.05) is 19.1 Å². The minimum absolute atomic E-state index is 0.198. The van der Waals surface area contributed by atoms with Crippen LogP contribution in [0.15, 0.2) is 59.6 Å². The number of ether oxygens (including phenoxy) is 1. The predicted octanol–water partition coefficient (Wildman–Crippen LogP) is 3.90. The first-order valence-electron chi connectivity index (χ1n) is 8.08. The first kappa shape index (κ1) is 18.6. The number of nitrogens with zero attached hydrogens (tertiary/aromatic N) is 2. The fourth-order valence-electron chi connectivity index (χ4n) is 2.56. The number of para-hydroxylation sites is 1. The Kier molecular flexibility index (Phi) is 5.46. The van der Waals surface area contributed by atoms with Gasteiger partial charge in [-0.05, 0) is 48.9 Å². The highest BCUT2D eigenvalue weighted by molar-refractivity contribution is 7.89. The molecule has 7 heteroatoms. The predicted molar refractivity (Wildman–Crippen MR) is 103 cm³/mol. The molecule has 3 aromatic rings. The van der Waals surface area contributed by atoms with Crippen LogP contribution < -0.4 is 4.74 Å². The fourth-order valence-corrected chi connectivity index (χ4v) is 4.00. The number of benzene rings is 2. The SMILES string of the molecule is Cc1cnc2c(S(=O)(=O)N(C)CCOc3ccc(Cl)cc3)cccc2c1. The molecule has 0 aliphatic rings. The largest absolute Gasteiger partial charge is 0.492 e. The van der Waals surface area contributed by atoms with Gasteiger partial charge >= 0.3 is 0 Å². The maximum atomic E-state index is 12.9. The molecule has 0 radical (unpaired) electrons. The Morgan fingerprint density at radius 2 is 1.88 bits per heavy atom. The highest BCUT2D eigenvalue weighted by Gasteiger charge is 2.23. The molecule has 0 atom stereocenters. The number of hydrogen-bond acceptors (Lipinski definition) is 4. The Morgan fingerprint density at radius 1 is 1.15 bits per heavy atom. The molecule has 0 bridgehead atoms. The van der Waals surface area contributed by atoms with E-state index in [1.165, 1.54) is 11.4 Å². The molecule has 0 amide bonds. The molecule has 1 aromatic heterocycles. The molecule has 3 rings (SSSR count). The molecule has 26 heavy (non-hydrogen) atoms. The average molecular weight is 391 g/mol. The first-order chi connectivity index (χ1) is 12.4. The number of aromatic nitrogens is 1. The fraction of sp³-hybridized carbons (Fsp3) is 0.211. The van der Waals surface area contributed by atoms with E-state index in [4.69, 9.17) is 16.3 Å². The molecule has 0 unspecified atom stereocenters. The van der Waals surface area contributed by atoms with Crippen molar-refractivity contribution in [2.45, 2.75) is 11.8 Å². The van der Waals surface area contributed by atoms with Crippen molar-refractivity contribution in [3.63, 3.8) is 0 Å². The Hall–Kier alpha value is -2.15. The quantitative estimate of drug-likeness (QED) is 0.640. The molecule has 0 N–H and O–H groups in total. The number of hydrogen-bond donors (Lipinski definition) is 0. The summed E-state index contributed by atoms with van der Waals surface area (Å²) in [6, 6.07) is 14.0. The molecular formula is C19H19ClN2O3S. The van der Waals surface area contributed by atoms with Crippen molar-refractivity contribution < 1.29 is 13.2 Å². The lowest BCUT2D eigenvalue weighted by Gasteiger charge is -2.18. The van der Waals surface area contributed by atoms with Crippen LogP contribution in [0.1, 0.15) is 5.56 Å². The lowest BCUT2D eigenvalue weighted by molar-refractivity contribution is 0.287. The summed E-state index contributed by atoms with van der Waals surface area (Å²) in [6.07, 6.45) is 1.67. The summed E-state index contributed by atoms with van der Waals surface area (Å²) in [5, 5.41) is 1.42. The summed E-state index contributed by atoms with van der Waals surface area (Å²) in [4.78, 5) is 4.51. The summed E-state index contributed by atoms with van der Waals surface area (Å²) in [5.41, 5.74) is 1.46. The highest BCUT2D eigenvalue weighted by Crippen LogP contribution is 2.24. The van der Waals surface area contributed by atoms with Crippen LogP contribution >= 0.6 is 11.6 Å². The van der Waals surface area contributed by atoms with Gasteiger partial charge in [0.05, 0.1) is 5.52 Å². The van der Waals surface area contributed by atoms with Crippen LogP contribution in [-0.2, 0) is 10.0 Å². The summed E-state index contributed by atoms with van der Waals surface area (Å²) in [7, 11) is -2.13. The van der Waals surface area contributed by atoms with Gasteiger partial charge in [-0.2, -0.15) is 4.31 Å². The average Bonchev–Trinajstić information content (AvgIpc) is 2.62. The molecule has 5 nitrogen and oxygen atoms in total. The number of sulfonamides is 1.